The molecule has 1 N–H and O–H groups in total. The zero-order chi connectivity index (χ0) is 11.4. The first kappa shape index (κ1) is 12.6. The van der Waals surface area contributed by atoms with E-state index in [1.807, 2.05) is 11.3 Å². The molecule has 1 saturated carbocycles. The standard InChI is InChI=1S/C13H20BrNS/c1-2-7-15-12(10-4-3-5-10)9-13-11(14)6-8-16-13/h6,8,10,12,15H,2-5,7,9H2,1H3. The van der Waals surface area contributed by atoms with E-state index in [-0.39, 0.29) is 0 Å². The predicted octanol–water partition coefficient (Wildman–Crippen LogP) is 4.22. The molecule has 1 aliphatic carbocycles. The highest BCUT2D eigenvalue weighted by atomic mass is 79.9. The summed E-state index contributed by atoms with van der Waals surface area (Å²) < 4.78 is 1.29. The lowest BCUT2D eigenvalue weighted by atomic mass is 9.78. The lowest BCUT2D eigenvalue weighted by Crippen LogP contribution is -2.41. The van der Waals surface area contributed by atoms with E-state index in [2.05, 4.69) is 39.6 Å². The van der Waals surface area contributed by atoms with Crippen molar-refractivity contribution in [3.05, 3.63) is 20.8 Å². The lowest BCUT2D eigenvalue weighted by Gasteiger charge is -2.34. The molecule has 1 atom stereocenters. The van der Waals surface area contributed by atoms with E-state index >= 15 is 0 Å². The zero-order valence-corrected chi connectivity index (χ0v) is 12.2. The second-order valence-corrected chi connectivity index (χ2v) is 6.50. The molecular formula is C13H20BrNS. The van der Waals surface area contributed by atoms with Crippen molar-refractivity contribution in [2.45, 2.75) is 45.1 Å². The van der Waals surface area contributed by atoms with Crippen LogP contribution in [0.15, 0.2) is 15.9 Å². The minimum Gasteiger partial charge on any atom is -0.313 e. The van der Waals surface area contributed by atoms with Crippen LogP contribution in [0.4, 0.5) is 0 Å². The van der Waals surface area contributed by atoms with E-state index in [4.69, 9.17) is 0 Å². The van der Waals surface area contributed by atoms with Crippen LogP contribution < -0.4 is 5.32 Å². The first-order valence-corrected chi connectivity index (χ1v) is 7.93. The van der Waals surface area contributed by atoms with E-state index in [9.17, 15) is 0 Å². The van der Waals surface area contributed by atoms with Gasteiger partial charge in [0.25, 0.3) is 0 Å². The van der Waals surface area contributed by atoms with E-state index in [0.717, 1.165) is 12.5 Å². The molecule has 1 unspecified atom stereocenters. The number of thiophene rings is 1. The SMILES string of the molecule is CCCNC(Cc1sccc1Br)C1CCC1. The fraction of sp³-hybridized carbons (Fsp3) is 0.692. The van der Waals surface area contributed by atoms with Gasteiger partial charge in [-0.15, -0.1) is 11.3 Å². The maximum absolute atomic E-state index is 3.72. The third-order valence-corrected chi connectivity index (χ3v) is 5.42. The van der Waals surface area contributed by atoms with Crippen molar-refractivity contribution in [3.63, 3.8) is 0 Å². The Morgan fingerprint density at radius 2 is 2.38 bits per heavy atom. The summed E-state index contributed by atoms with van der Waals surface area (Å²) in [5.74, 6) is 0.917. The van der Waals surface area contributed by atoms with Gasteiger partial charge in [-0.2, -0.15) is 0 Å². The number of rotatable bonds is 6. The monoisotopic (exact) mass is 301 g/mol. The van der Waals surface area contributed by atoms with Crippen molar-refractivity contribution in [3.8, 4) is 0 Å². The quantitative estimate of drug-likeness (QED) is 0.829. The largest absolute Gasteiger partial charge is 0.313 e. The van der Waals surface area contributed by atoms with Gasteiger partial charge in [0.2, 0.25) is 0 Å². The number of nitrogens with one attached hydrogen (secondary N) is 1. The summed E-state index contributed by atoms with van der Waals surface area (Å²) >= 11 is 5.51. The van der Waals surface area contributed by atoms with E-state index < -0.39 is 0 Å². The molecule has 0 amide bonds. The summed E-state index contributed by atoms with van der Waals surface area (Å²) in [6.45, 7) is 3.40. The molecule has 90 valence electrons. The molecule has 16 heavy (non-hydrogen) atoms. The predicted molar refractivity (Wildman–Crippen MR) is 75.1 cm³/mol. The molecule has 0 spiro atoms. The molecule has 2 rings (SSSR count). The molecule has 1 aromatic heterocycles. The van der Waals surface area contributed by atoms with Crippen LogP contribution >= 0.6 is 27.3 Å². The molecule has 3 heteroatoms. The molecular weight excluding hydrogens is 282 g/mol. The minimum atomic E-state index is 0.698. The van der Waals surface area contributed by atoms with Crippen molar-refractivity contribution in [2.75, 3.05) is 6.54 Å². The van der Waals surface area contributed by atoms with Gasteiger partial charge in [-0.1, -0.05) is 13.3 Å². The Morgan fingerprint density at radius 1 is 1.56 bits per heavy atom. The Kier molecular flexibility index (Phi) is 4.86. The average molecular weight is 302 g/mol. The van der Waals surface area contributed by atoms with Crippen LogP contribution in [0.1, 0.15) is 37.5 Å². The Hall–Kier alpha value is 0.140. The molecule has 0 aliphatic heterocycles. The highest BCUT2D eigenvalue weighted by Gasteiger charge is 2.27. The van der Waals surface area contributed by atoms with Crippen molar-refractivity contribution in [2.24, 2.45) is 5.92 Å². The second-order valence-electron chi connectivity index (χ2n) is 4.65. The fourth-order valence-corrected chi connectivity index (χ4v) is 3.82. The van der Waals surface area contributed by atoms with Crippen molar-refractivity contribution in [1.29, 1.82) is 0 Å². The maximum atomic E-state index is 3.72. The second kappa shape index (κ2) is 6.18. The number of halogens is 1. The number of hydrogen-bond acceptors (Lipinski definition) is 2. The summed E-state index contributed by atoms with van der Waals surface area (Å²) in [6.07, 6.45) is 6.70. The van der Waals surface area contributed by atoms with Crippen LogP contribution in [0, 0.1) is 5.92 Å². The van der Waals surface area contributed by atoms with Crippen LogP contribution in [0.25, 0.3) is 0 Å². The third kappa shape index (κ3) is 3.08. The van der Waals surface area contributed by atoms with E-state index in [1.54, 1.807) is 0 Å². The summed E-state index contributed by atoms with van der Waals surface area (Å²) in [4.78, 5) is 1.50. The van der Waals surface area contributed by atoms with Crippen LogP contribution in [0.5, 0.6) is 0 Å². The van der Waals surface area contributed by atoms with E-state index in [0.29, 0.717) is 6.04 Å². The van der Waals surface area contributed by atoms with Crippen molar-refractivity contribution < 1.29 is 0 Å². The van der Waals surface area contributed by atoms with Gasteiger partial charge in [-0.25, -0.2) is 0 Å². The van der Waals surface area contributed by atoms with Crippen LogP contribution in [0.3, 0.4) is 0 Å². The smallest absolute Gasteiger partial charge is 0.0314 e. The molecule has 0 bridgehead atoms. The molecule has 1 heterocycles. The van der Waals surface area contributed by atoms with Crippen LogP contribution in [0.2, 0.25) is 0 Å². The fourth-order valence-electron chi connectivity index (χ4n) is 2.25. The molecule has 1 aromatic rings. The van der Waals surface area contributed by atoms with Gasteiger partial charge in [-0.3, -0.25) is 0 Å². The highest BCUT2D eigenvalue weighted by Crippen LogP contribution is 2.33. The number of hydrogen-bond donors (Lipinski definition) is 1. The van der Waals surface area contributed by atoms with Gasteiger partial charge in [0.05, 0.1) is 0 Å². The lowest BCUT2D eigenvalue weighted by molar-refractivity contribution is 0.228. The summed E-state index contributed by atoms with van der Waals surface area (Å²) in [5, 5.41) is 5.90. The molecule has 1 fully saturated rings. The molecule has 1 nitrogen and oxygen atoms in total. The Labute approximate surface area is 111 Å². The topological polar surface area (TPSA) is 12.0 Å². The van der Waals surface area contributed by atoms with E-state index in [1.165, 1.54) is 41.5 Å². The van der Waals surface area contributed by atoms with Gasteiger partial charge in [0.1, 0.15) is 0 Å². The van der Waals surface area contributed by atoms with Gasteiger partial charge in [-0.05, 0) is 65.5 Å². The van der Waals surface area contributed by atoms with Crippen molar-refractivity contribution in [1.82, 2.24) is 5.32 Å². The highest BCUT2D eigenvalue weighted by molar-refractivity contribution is 9.10. The normalized spacial score (nSPS) is 18.4. The zero-order valence-electron chi connectivity index (χ0n) is 9.84. The van der Waals surface area contributed by atoms with Crippen LogP contribution in [-0.2, 0) is 6.42 Å². The average Bonchev–Trinajstić information content (AvgIpc) is 2.58. The Morgan fingerprint density at radius 3 is 2.88 bits per heavy atom. The molecule has 1 aliphatic rings. The Balaban J connectivity index is 1.93. The maximum Gasteiger partial charge on any atom is 0.0314 e. The summed E-state index contributed by atoms with van der Waals surface area (Å²) in [5.41, 5.74) is 0. The summed E-state index contributed by atoms with van der Waals surface area (Å²) in [7, 11) is 0. The first-order valence-electron chi connectivity index (χ1n) is 6.26. The van der Waals surface area contributed by atoms with Gasteiger partial charge in [0.15, 0.2) is 0 Å². The minimum absolute atomic E-state index is 0.698. The van der Waals surface area contributed by atoms with Gasteiger partial charge < -0.3 is 5.32 Å². The Bertz CT molecular complexity index is 319. The van der Waals surface area contributed by atoms with Crippen molar-refractivity contribution >= 4 is 27.3 Å². The molecule has 0 radical (unpaired) electrons. The third-order valence-electron chi connectivity index (χ3n) is 3.47. The van der Waals surface area contributed by atoms with Gasteiger partial charge >= 0.3 is 0 Å². The first-order chi connectivity index (χ1) is 7.81. The molecule has 0 aromatic carbocycles. The molecule has 0 saturated heterocycles. The van der Waals surface area contributed by atoms with Crippen LogP contribution in [-0.4, -0.2) is 12.6 Å². The summed E-state index contributed by atoms with van der Waals surface area (Å²) in [6, 6.07) is 2.86. The van der Waals surface area contributed by atoms with Gasteiger partial charge in [0, 0.05) is 15.4 Å².